The Balaban J connectivity index is 1.96. The molecule has 0 aliphatic heterocycles. The summed E-state index contributed by atoms with van der Waals surface area (Å²) in [6.45, 7) is 0. The molecule has 5 nitrogen and oxygen atoms in total. The first-order valence-corrected chi connectivity index (χ1v) is 10.9. The molecule has 0 fully saturated rings. The highest BCUT2D eigenvalue weighted by Gasteiger charge is 2.21. The van der Waals surface area contributed by atoms with Gasteiger partial charge in [0.25, 0.3) is 0 Å². The van der Waals surface area contributed by atoms with E-state index < -0.39 is 21.8 Å². The Morgan fingerprint density at radius 2 is 1.54 bits per heavy atom. The van der Waals surface area contributed by atoms with Crippen molar-refractivity contribution in [1.82, 2.24) is 4.72 Å². The molecule has 0 aliphatic carbocycles. The van der Waals surface area contributed by atoms with E-state index in [-0.39, 0.29) is 17.4 Å². The molecule has 0 saturated heterocycles. The van der Waals surface area contributed by atoms with Crippen LogP contribution in [0.1, 0.15) is 56.6 Å². The van der Waals surface area contributed by atoms with Crippen LogP contribution in [0.5, 0.6) is 0 Å². The van der Waals surface area contributed by atoms with Crippen LogP contribution in [-0.2, 0) is 14.8 Å². The molecule has 2 aromatic rings. The lowest BCUT2D eigenvalue weighted by Gasteiger charge is -2.19. The molecule has 0 aromatic heterocycles. The molecule has 0 aliphatic rings. The number of benzene rings is 2. The van der Waals surface area contributed by atoms with Gasteiger partial charge in [0.15, 0.2) is 0 Å². The smallest absolute Gasteiger partial charge is 0.303 e. The van der Waals surface area contributed by atoms with Crippen molar-refractivity contribution in [2.75, 3.05) is 0 Å². The summed E-state index contributed by atoms with van der Waals surface area (Å²) in [4.78, 5) is 10.5. The number of rotatable bonds is 12. The normalized spacial score (nSPS) is 12.6. The van der Waals surface area contributed by atoms with E-state index in [2.05, 4.69) is 4.72 Å². The summed E-state index contributed by atoms with van der Waals surface area (Å²) >= 11 is 0. The lowest BCUT2D eigenvalue weighted by Crippen LogP contribution is -2.28. The van der Waals surface area contributed by atoms with E-state index in [4.69, 9.17) is 5.11 Å². The van der Waals surface area contributed by atoms with Gasteiger partial charge in [0, 0.05) is 12.5 Å². The Kier molecular flexibility index (Phi) is 8.60. The quantitative estimate of drug-likeness (QED) is 0.501. The summed E-state index contributed by atoms with van der Waals surface area (Å²) in [7, 11) is -3.77. The van der Waals surface area contributed by atoms with Crippen molar-refractivity contribution in [3.05, 3.63) is 66.0 Å². The number of sulfonamides is 1. The molecule has 1 atom stereocenters. The number of nitrogens with one attached hydrogen (secondary N) is 1. The third kappa shape index (κ3) is 7.40. The van der Waals surface area contributed by atoms with E-state index in [1.807, 2.05) is 30.3 Å². The van der Waals surface area contributed by atoms with Crippen LogP contribution < -0.4 is 4.72 Å². The molecule has 0 radical (unpaired) electrons. The topological polar surface area (TPSA) is 83.5 Å². The van der Waals surface area contributed by atoms with Crippen molar-refractivity contribution in [3.63, 3.8) is 0 Å². The van der Waals surface area contributed by atoms with Crippen molar-refractivity contribution in [1.29, 1.82) is 0 Å². The molecule has 0 heterocycles. The minimum Gasteiger partial charge on any atom is -0.481 e. The summed E-state index contributed by atoms with van der Waals surface area (Å²) in [5.41, 5.74) is 0.874. The molecule has 1 unspecified atom stereocenters. The standard InChI is InChI=1S/C21H26FNO4S/c22-18-13-15-19(16-14-18)28(26,27)23-20(17-9-5-4-6-10-17)11-7-2-1-3-8-12-21(24)25/h4-6,9-10,13-16,20,23H,1-3,7-8,11-12H2,(H,24,25). The number of carboxylic acid groups (broad SMARTS) is 1. The highest BCUT2D eigenvalue weighted by molar-refractivity contribution is 7.89. The monoisotopic (exact) mass is 407 g/mol. The van der Waals surface area contributed by atoms with Crippen LogP contribution in [0.15, 0.2) is 59.5 Å². The van der Waals surface area contributed by atoms with Gasteiger partial charge < -0.3 is 5.11 Å². The molecule has 7 heteroatoms. The maximum absolute atomic E-state index is 13.1. The first-order chi connectivity index (χ1) is 13.4. The fourth-order valence-corrected chi connectivity index (χ4v) is 4.26. The van der Waals surface area contributed by atoms with Gasteiger partial charge in [-0.25, -0.2) is 17.5 Å². The molecular weight excluding hydrogens is 381 g/mol. The predicted molar refractivity (Wildman–Crippen MR) is 106 cm³/mol. The van der Waals surface area contributed by atoms with Crippen molar-refractivity contribution >= 4 is 16.0 Å². The highest BCUT2D eigenvalue weighted by atomic mass is 32.2. The summed E-state index contributed by atoms with van der Waals surface area (Å²) in [5.74, 6) is -1.26. The number of halogens is 1. The SMILES string of the molecule is O=C(O)CCCCCCCC(NS(=O)(=O)c1ccc(F)cc1)c1ccccc1. The lowest BCUT2D eigenvalue weighted by atomic mass is 10.0. The van der Waals surface area contributed by atoms with Gasteiger partial charge in [0.2, 0.25) is 10.0 Å². The Morgan fingerprint density at radius 1 is 0.929 bits per heavy atom. The van der Waals surface area contributed by atoms with Crippen LogP contribution in [0.4, 0.5) is 4.39 Å². The second-order valence-corrected chi connectivity index (χ2v) is 8.45. The fraction of sp³-hybridized carbons (Fsp3) is 0.381. The molecule has 0 saturated carbocycles. The number of carbonyl (C=O) groups is 1. The van der Waals surface area contributed by atoms with Gasteiger partial charge in [-0.2, -0.15) is 0 Å². The molecule has 0 bridgehead atoms. The van der Waals surface area contributed by atoms with Crippen LogP contribution in [0, 0.1) is 5.82 Å². The van der Waals surface area contributed by atoms with E-state index in [1.165, 1.54) is 12.1 Å². The predicted octanol–water partition coefficient (Wildman–Crippen LogP) is 4.66. The Labute approximate surface area is 165 Å². The summed E-state index contributed by atoms with van der Waals surface area (Å²) in [6, 6.07) is 13.7. The number of unbranched alkanes of at least 4 members (excludes halogenated alkanes) is 4. The largest absolute Gasteiger partial charge is 0.481 e. The minimum atomic E-state index is -3.77. The average molecular weight is 408 g/mol. The van der Waals surface area contributed by atoms with Gasteiger partial charge in [-0.3, -0.25) is 4.79 Å². The van der Waals surface area contributed by atoms with Crippen LogP contribution in [0.2, 0.25) is 0 Å². The molecule has 152 valence electrons. The number of carboxylic acids is 1. The fourth-order valence-electron chi connectivity index (χ4n) is 3.00. The zero-order valence-corrected chi connectivity index (χ0v) is 16.5. The van der Waals surface area contributed by atoms with Gasteiger partial charge >= 0.3 is 5.97 Å². The zero-order valence-electron chi connectivity index (χ0n) is 15.7. The molecule has 0 amide bonds. The van der Waals surface area contributed by atoms with Gasteiger partial charge in [-0.15, -0.1) is 0 Å². The second kappa shape index (κ2) is 10.9. The van der Waals surface area contributed by atoms with Crippen molar-refractivity contribution < 1.29 is 22.7 Å². The van der Waals surface area contributed by atoms with E-state index >= 15 is 0 Å². The van der Waals surface area contributed by atoms with Crippen LogP contribution >= 0.6 is 0 Å². The second-order valence-electron chi connectivity index (χ2n) is 6.74. The van der Waals surface area contributed by atoms with Crippen molar-refractivity contribution in [3.8, 4) is 0 Å². The Hall–Kier alpha value is -2.25. The molecule has 2 rings (SSSR count). The van der Waals surface area contributed by atoms with Gasteiger partial charge in [0.1, 0.15) is 5.82 Å². The lowest BCUT2D eigenvalue weighted by molar-refractivity contribution is -0.137. The summed E-state index contributed by atoms with van der Waals surface area (Å²) in [6.07, 6.45) is 4.96. The molecular formula is C21H26FNO4S. The first kappa shape index (κ1) is 22.0. The van der Waals surface area contributed by atoms with E-state index in [0.717, 1.165) is 43.4 Å². The number of aliphatic carboxylic acids is 1. The third-order valence-corrected chi connectivity index (χ3v) is 5.99. The maximum Gasteiger partial charge on any atom is 0.303 e. The first-order valence-electron chi connectivity index (χ1n) is 9.43. The Bertz CT molecular complexity index is 838. The molecule has 0 spiro atoms. The van der Waals surface area contributed by atoms with Gasteiger partial charge in [-0.05, 0) is 42.7 Å². The molecule has 28 heavy (non-hydrogen) atoms. The molecule has 2 N–H and O–H groups in total. The average Bonchev–Trinajstić information content (AvgIpc) is 2.67. The van der Waals surface area contributed by atoms with E-state index in [1.54, 1.807) is 0 Å². The van der Waals surface area contributed by atoms with Crippen LogP contribution in [-0.4, -0.2) is 19.5 Å². The highest BCUT2D eigenvalue weighted by Crippen LogP contribution is 2.23. The van der Waals surface area contributed by atoms with Crippen LogP contribution in [0.3, 0.4) is 0 Å². The maximum atomic E-state index is 13.1. The van der Waals surface area contributed by atoms with Crippen LogP contribution in [0.25, 0.3) is 0 Å². The summed E-state index contributed by atoms with van der Waals surface area (Å²) < 4.78 is 41.2. The van der Waals surface area contributed by atoms with Crippen molar-refractivity contribution in [2.45, 2.75) is 55.9 Å². The van der Waals surface area contributed by atoms with Gasteiger partial charge in [-0.1, -0.05) is 56.0 Å². The van der Waals surface area contributed by atoms with Crippen molar-refractivity contribution in [2.24, 2.45) is 0 Å². The zero-order chi connectivity index (χ0) is 20.4. The molecule has 2 aromatic carbocycles. The third-order valence-electron chi connectivity index (χ3n) is 4.51. The minimum absolute atomic E-state index is 0.0310. The van der Waals surface area contributed by atoms with E-state index in [0.29, 0.717) is 12.8 Å². The van der Waals surface area contributed by atoms with E-state index in [9.17, 15) is 17.6 Å². The number of hydrogen-bond donors (Lipinski definition) is 2. The Morgan fingerprint density at radius 3 is 2.18 bits per heavy atom. The van der Waals surface area contributed by atoms with Gasteiger partial charge in [0.05, 0.1) is 4.90 Å². The summed E-state index contributed by atoms with van der Waals surface area (Å²) in [5, 5.41) is 8.65. The number of hydrogen-bond acceptors (Lipinski definition) is 3.